The van der Waals surface area contributed by atoms with Gasteiger partial charge in [-0.25, -0.2) is 4.68 Å². The van der Waals surface area contributed by atoms with Gasteiger partial charge >= 0.3 is 0 Å². The molecule has 1 unspecified atom stereocenters. The predicted octanol–water partition coefficient (Wildman–Crippen LogP) is 1.92. The summed E-state index contributed by atoms with van der Waals surface area (Å²) in [6, 6.07) is 8.95. The van der Waals surface area contributed by atoms with Crippen LogP contribution in [0, 0.1) is 5.92 Å². The van der Waals surface area contributed by atoms with Crippen LogP contribution in [0.1, 0.15) is 42.2 Å². The zero-order valence-corrected chi connectivity index (χ0v) is 14.2. The molecule has 0 saturated carbocycles. The van der Waals surface area contributed by atoms with E-state index in [1.807, 2.05) is 26.0 Å². The number of carbonyl (C=O) groups is 3. The first-order valence-corrected chi connectivity index (χ1v) is 8.21. The molecule has 1 aromatic carbocycles. The molecule has 1 saturated heterocycles. The van der Waals surface area contributed by atoms with Crippen molar-refractivity contribution >= 4 is 23.5 Å². The van der Waals surface area contributed by atoms with Gasteiger partial charge in [0.25, 0.3) is 5.91 Å². The number of aromatic nitrogens is 2. The highest BCUT2D eigenvalue weighted by Crippen LogP contribution is 2.19. The summed E-state index contributed by atoms with van der Waals surface area (Å²) in [5, 5.41) is 9.34. The molecule has 3 amide bonds. The van der Waals surface area contributed by atoms with Crippen LogP contribution < -0.4 is 10.6 Å². The van der Waals surface area contributed by atoms with E-state index >= 15 is 0 Å². The summed E-state index contributed by atoms with van der Waals surface area (Å²) in [5.74, 6) is -0.359. The van der Waals surface area contributed by atoms with Crippen molar-refractivity contribution in [1.82, 2.24) is 15.1 Å². The minimum atomic E-state index is -0.326. The van der Waals surface area contributed by atoms with Crippen molar-refractivity contribution in [2.24, 2.45) is 5.92 Å². The van der Waals surface area contributed by atoms with E-state index in [9.17, 15) is 14.4 Å². The number of nitrogens with one attached hydrogen (secondary N) is 2. The van der Waals surface area contributed by atoms with Crippen molar-refractivity contribution in [3.8, 4) is 0 Å². The van der Waals surface area contributed by atoms with Crippen molar-refractivity contribution in [1.29, 1.82) is 0 Å². The summed E-state index contributed by atoms with van der Waals surface area (Å²) in [4.78, 5) is 35.2. The summed E-state index contributed by atoms with van der Waals surface area (Å²) < 4.78 is 1.74. The van der Waals surface area contributed by atoms with Crippen LogP contribution in [0.2, 0.25) is 0 Å². The van der Waals surface area contributed by atoms with Gasteiger partial charge in [-0.15, -0.1) is 0 Å². The van der Waals surface area contributed by atoms with Crippen molar-refractivity contribution < 1.29 is 14.4 Å². The summed E-state index contributed by atoms with van der Waals surface area (Å²) in [6.45, 7) is 3.97. The van der Waals surface area contributed by atoms with Crippen LogP contribution in [0.5, 0.6) is 0 Å². The Hall–Kier alpha value is -2.96. The molecular weight excluding hydrogens is 320 g/mol. The average Bonchev–Trinajstić information content (AvgIpc) is 3.14. The Labute approximate surface area is 145 Å². The molecular formula is C18H20N4O3. The summed E-state index contributed by atoms with van der Waals surface area (Å²) >= 11 is 0. The Morgan fingerprint density at radius 1 is 1.28 bits per heavy atom. The molecule has 2 aromatic rings. The van der Waals surface area contributed by atoms with Crippen LogP contribution in [0.4, 0.5) is 5.82 Å². The van der Waals surface area contributed by atoms with E-state index < -0.39 is 0 Å². The van der Waals surface area contributed by atoms with Crippen LogP contribution in [-0.4, -0.2) is 27.5 Å². The van der Waals surface area contributed by atoms with Gasteiger partial charge in [-0.3, -0.25) is 19.7 Å². The fraction of sp³-hybridized carbons (Fsp3) is 0.333. The number of benzene rings is 1. The first-order valence-electron chi connectivity index (χ1n) is 8.21. The lowest BCUT2D eigenvalue weighted by Gasteiger charge is -2.12. The van der Waals surface area contributed by atoms with Gasteiger partial charge in [0.05, 0.1) is 12.1 Å². The Kier molecular flexibility index (Phi) is 4.65. The topological polar surface area (TPSA) is 93.1 Å². The highest BCUT2D eigenvalue weighted by molar-refractivity contribution is 6.04. The molecule has 2 N–H and O–H groups in total. The van der Waals surface area contributed by atoms with Gasteiger partial charge in [0, 0.05) is 24.1 Å². The van der Waals surface area contributed by atoms with E-state index in [0.717, 1.165) is 5.56 Å². The SMILES string of the molecule is CC(C)n1nccc1NC(=O)c1ccc(CC2CC(=O)NC2=O)cc1. The summed E-state index contributed by atoms with van der Waals surface area (Å²) in [7, 11) is 0. The van der Waals surface area contributed by atoms with Crippen LogP contribution in [-0.2, 0) is 16.0 Å². The van der Waals surface area contributed by atoms with Gasteiger partial charge < -0.3 is 5.32 Å². The van der Waals surface area contributed by atoms with Gasteiger partial charge in [0.15, 0.2) is 0 Å². The van der Waals surface area contributed by atoms with Crippen LogP contribution in [0.25, 0.3) is 0 Å². The van der Waals surface area contributed by atoms with Crippen molar-refractivity contribution in [2.75, 3.05) is 5.32 Å². The number of nitrogens with zero attached hydrogens (tertiary/aromatic N) is 2. The summed E-state index contributed by atoms with van der Waals surface area (Å²) in [5.41, 5.74) is 1.44. The first kappa shape index (κ1) is 16.9. The van der Waals surface area contributed by atoms with E-state index in [0.29, 0.717) is 17.8 Å². The molecule has 1 fully saturated rings. The predicted molar refractivity (Wildman–Crippen MR) is 92.0 cm³/mol. The molecule has 0 spiro atoms. The molecule has 7 heteroatoms. The van der Waals surface area contributed by atoms with E-state index in [1.165, 1.54) is 0 Å². The second-order valence-corrected chi connectivity index (χ2v) is 6.42. The summed E-state index contributed by atoms with van der Waals surface area (Å²) in [6.07, 6.45) is 2.35. The maximum Gasteiger partial charge on any atom is 0.256 e. The Bertz CT molecular complexity index is 808. The normalized spacial score (nSPS) is 17.0. The Balaban J connectivity index is 1.65. The van der Waals surface area contributed by atoms with Gasteiger partial charge in [-0.05, 0) is 38.0 Å². The van der Waals surface area contributed by atoms with Crippen molar-refractivity contribution in [3.05, 3.63) is 47.7 Å². The zero-order valence-electron chi connectivity index (χ0n) is 14.2. The number of imide groups is 1. The van der Waals surface area contributed by atoms with Crippen LogP contribution in [0.3, 0.4) is 0 Å². The van der Waals surface area contributed by atoms with Crippen LogP contribution in [0.15, 0.2) is 36.5 Å². The molecule has 0 radical (unpaired) electrons. The largest absolute Gasteiger partial charge is 0.307 e. The fourth-order valence-corrected chi connectivity index (χ4v) is 2.86. The second-order valence-electron chi connectivity index (χ2n) is 6.42. The first-order chi connectivity index (χ1) is 11.9. The van der Waals surface area contributed by atoms with E-state index in [2.05, 4.69) is 15.7 Å². The van der Waals surface area contributed by atoms with Gasteiger partial charge in [-0.1, -0.05) is 12.1 Å². The molecule has 3 rings (SSSR count). The van der Waals surface area contributed by atoms with Crippen molar-refractivity contribution in [3.63, 3.8) is 0 Å². The van der Waals surface area contributed by atoms with E-state index in [-0.39, 0.29) is 36.1 Å². The quantitative estimate of drug-likeness (QED) is 0.813. The van der Waals surface area contributed by atoms with Crippen LogP contribution >= 0.6 is 0 Å². The number of rotatable bonds is 5. The molecule has 1 aliphatic heterocycles. The third kappa shape index (κ3) is 3.76. The standard InChI is InChI=1S/C18H20N4O3/c1-11(2)22-15(7-8-19-22)20-17(24)13-5-3-12(4-6-13)9-14-10-16(23)21-18(14)25/h3-8,11,14H,9-10H2,1-2H3,(H,20,24)(H,21,23,25). The molecule has 2 heterocycles. The van der Waals surface area contributed by atoms with Gasteiger partial charge in [-0.2, -0.15) is 5.10 Å². The Morgan fingerprint density at radius 3 is 2.60 bits per heavy atom. The second kappa shape index (κ2) is 6.88. The average molecular weight is 340 g/mol. The Morgan fingerprint density at radius 2 is 2.00 bits per heavy atom. The number of amides is 3. The lowest BCUT2D eigenvalue weighted by atomic mass is 9.97. The maximum atomic E-state index is 12.4. The molecule has 130 valence electrons. The number of anilines is 1. The molecule has 1 aromatic heterocycles. The molecule has 0 bridgehead atoms. The van der Waals surface area contributed by atoms with E-state index in [1.54, 1.807) is 29.1 Å². The minimum Gasteiger partial charge on any atom is -0.307 e. The molecule has 1 aliphatic rings. The maximum absolute atomic E-state index is 12.4. The minimum absolute atomic E-state index is 0.146. The number of hydrogen-bond acceptors (Lipinski definition) is 4. The lowest BCUT2D eigenvalue weighted by Crippen LogP contribution is -2.22. The highest BCUT2D eigenvalue weighted by Gasteiger charge is 2.30. The van der Waals surface area contributed by atoms with Gasteiger partial charge in [0.1, 0.15) is 5.82 Å². The number of hydrogen-bond donors (Lipinski definition) is 2. The van der Waals surface area contributed by atoms with Crippen molar-refractivity contribution in [2.45, 2.75) is 32.7 Å². The molecule has 0 aliphatic carbocycles. The zero-order chi connectivity index (χ0) is 18.0. The highest BCUT2D eigenvalue weighted by atomic mass is 16.2. The fourth-order valence-electron chi connectivity index (χ4n) is 2.86. The van der Waals surface area contributed by atoms with Gasteiger partial charge in [0.2, 0.25) is 11.8 Å². The van der Waals surface area contributed by atoms with E-state index in [4.69, 9.17) is 0 Å². The monoisotopic (exact) mass is 340 g/mol. The molecule has 25 heavy (non-hydrogen) atoms. The smallest absolute Gasteiger partial charge is 0.256 e. The number of carbonyl (C=O) groups excluding carboxylic acids is 3. The molecule has 7 nitrogen and oxygen atoms in total. The third-order valence-corrected chi connectivity index (χ3v) is 4.16. The lowest BCUT2D eigenvalue weighted by molar-refractivity contribution is -0.125. The molecule has 1 atom stereocenters. The third-order valence-electron chi connectivity index (χ3n) is 4.16.